The first-order chi connectivity index (χ1) is 6.07. The fourth-order valence-corrected chi connectivity index (χ4v) is 1.52. The van der Waals surface area contributed by atoms with Crippen molar-refractivity contribution in [2.75, 3.05) is 0 Å². The number of aldehydes is 1. The van der Waals surface area contributed by atoms with E-state index in [1.807, 2.05) is 0 Å². The lowest BCUT2D eigenvalue weighted by atomic mass is 10.2. The zero-order valence-corrected chi connectivity index (χ0v) is 9.27. The highest BCUT2D eigenvalue weighted by atomic mass is 79.9. The predicted octanol–water partition coefficient (Wildman–Crippen LogP) is 3.36. The van der Waals surface area contributed by atoms with Crippen LogP contribution >= 0.6 is 31.9 Å². The minimum Gasteiger partial charge on any atom is -0.298 e. The van der Waals surface area contributed by atoms with Gasteiger partial charge in [0.15, 0.2) is 6.29 Å². The highest BCUT2D eigenvalue weighted by Crippen LogP contribution is 2.30. The van der Waals surface area contributed by atoms with E-state index in [1.54, 1.807) is 0 Å². The van der Waals surface area contributed by atoms with E-state index in [2.05, 4.69) is 36.8 Å². The van der Waals surface area contributed by atoms with Gasteiger partial charge in [-0.15, -0.1) is 0 Å². The molecule has 13 heavy (non-hydrogen) atoms. The largest absolute Gasteiger partial charge is 0.298 e. The standard InChI is InChI=1S/C7H3Br2F2NO/c8-5-4(2-13)3(7(10)11)1-12-6(5)9/h1-2,7H. The van der Waals surface area contributed by atoms with Crippen LogP contribution in [0.15, 0.2) is 15.3 Å². The monoisotopic (exact) mass is 313 g/mol. The third-order valence-corrected chi connectivity index (χ3v) is 3.33. The Bertz CT molecular complexity index is 344. The molecule has 0 fully saturated rings. The van der Waals surface area contributed by atoms with E-state index >= 15 is 0 Å². The summed E-state index contributed by atoms with van der Waals surface area (Å²) in [6.07, 6.45) is -1.35. The van der Waals surface area contributed by atoms with Gasteiger partial charge in [-0.2, -0.15) is 0 Å². The molecular formula is C7H3Br2F2NO. The number of hydrogen-bond donors (Lipinski definition) is 0. The molecule has 0 atom stereocenters. The number of rotatable bonds is 2. The Morgan fingerprint density at radius 3 is 2.54 bits per heavy atom. The molecule has 0 saturated carbocycles. The molecule has 0 bridgehead atoms. The average molecular weight is 315 g/mol. The summed E-state index contributed by atoms with van der Waals surface area (Å²) in [5.41, 5.74) is -0.443. The SMILES string of the molecule is O=Cc1c(C(F)F)cnc(Br)c1Br. The van der Waals surface area contributed by atoms with Gasteiger partial charge in [-0.25, -0.2) is 13.8 Å². The van der Waals surface area contributed by atoms with Crippen LogP contribution in [0.3, 0.4) is 0 Å². The van der Waals surface area contributed by atoms with Crippen molar-refractivity contribution in [3.63, 3.8) is 0 Å². The van der Waals surface area contributed by atoms with Crippen molar-refractivity contribution in [3.8, 4) is 0 Å². The number of carbonyl (C=O) groups excluding carboxylic acids is 1. The van der Waals surface area contributed by atoms with Crippen LogP contribution in [-0.2, 0) is 0 Å². The molecule has 1 aromatic heterocycles. The van der Waals surface area contributed by atoms with Gasteiger partial charge in [0, 0.05) is 17.3 Å². The lowest BCUT2D eigenvalue weighted by Gasteiger charge is -2.05. The van der Waals surface area contributed by atoms with Crippen LogP contribution in [0, 0.1) is 0 Å². The van der Waals surface area contributed by atoms with Crippen LogP contribution < -0.4 is 0 Å². The van der Waals surface area contributed by atoms with Gasteiger partial charge in [0.2, 0.25) is 0 Å². The Morgan fingerprint density at radius 2 is 2.08 bits per heavy atom. The summed E-state index contributed by atoms with van der Waals surface area (Å²) in [5.74, 6) is 0. The summed E-state index contributed by atoms with van der Waals surface area (Å²) in [4.78, 5) is 14.1. The summed E-state index contributed by atoms with van der Waals surface area (Å²) >= 11 is 5.99. The second-order valence-corrected chi connectivity index (χ2v) is 3.69. The number of nitrogens with zero attached hydrogens (tertiary/aromatic N) is 1. The van der Waals surface area contributed by atoms with Crippen molar-refractivity contribution in [2.24, 2.45) is 0 Å². The van der Waals surface area contributed by atoms with Gasteiger partial charge >= 0.3 is 0 Å². The second kappa shape index (κ2) is 4.23. The minimum absolute atomic E-state index is 0.0723. The Labute approximate surface area is 89.6 Å². The average Bonchev–Trinajstić information content (AvgIpc) is 2.09. The van der Waals surface area contributed by atoms with E-state index in [0.717, 1.165) is 6.20 Å². The van der Waals surface area contributed by atoms with Gasteiger partial charge in [0.05, 0.1) is 4.47 Å². The summed E-state index contributed by atoms with van der Waals surface area (Å²) in [7, 11) is 0. The summed E-state index contributed by atoms with van der Waals surface area (Å²) in [5, 5.41) is 0. The van der Waals surface area contributed by atoms with E-state index in [4.69, 9.17) is 0 Å². The van der Waals surface area contributed by atoms with Crippen molar-refractivity contribution in [2.45, 2.75) is 6.43 Å². The molecule has 0 aliphatic carbocycles. The van der Waals surface area contributed by atoms with Gasteiger partial charge in [-0.3, -0.25) is 4.79 Å². The molecule has 0 saturated heterocycles. The molecule has 0 aromatic carbocycles. The first-order valence-electron chi connectivity index (χ1n) is 3.15. The second-order valence-electron chi connectivity index (χ2n) is 2.15. The van der Waals surface area contributed by atoms with Crippen LogP contribution in [0.1, 0.15) is 22.3 Å². The molecule has 1 aromatic rings. The van der Waals surface area contributed by atoms with Crippen molar-refractivity contribution in [3.05, 3.63) is 26.4 Å². The number of aromatic nitrogens is 1. The molecule has 1 heterocycles. The molecule has 0 radical (unpaired) electrons. The molecule has 0 spiro atoms. The van der Waals surface area contributed by atoms with E-state index in [9.17, 15) is 13.6 Å². The van der Waals surface area contributed by atoms with Crippen LogP contribution in [0.2, 0.25) is 0 Å². The Morgan fingerprint density at radius 1 is 1.46 bits per heavy atom. The zero-order chi connectivity index (χ0) is 10.0. The van der Waals surface area contributed by atoms with Gasteiger partial charge in [0.1, 0.15) is 4.60 Å². The Balaban J connectivity index is 3.38. The summed E-state index contributed by atoms with van der Waals surface area (Å²) in [6.45, 7) is 0. The number of alkyl halides is 2. The first-order valence-corrected chi connectivity index (χ1v) is 4.73. The van der Waals surface area contributed by atoms with Crippen molar-refractivity contribution >= 4 is 38.1 Å². The first kappa shape index (κ1) is 10.7. The van der Waals surface area contributed by atoms with Crippen molar-refractivity contribution in [1.82, 2.24) is 4.98 Å². The van der Waals surface area contributed by atoms with E-state index in [-0.39, 0.29) is 15.6 Å². The molecule has 6 heteroatoms. The fourth-order valence-electron chi connectivity index (χ4n) is 0.784. The fraction of sp³-hybridized carbons (Fsp3) is 0.143. The maximum Gasteiger partial charge on any atom is 0.266 e. The zero-order valence-electron chi connectivity index (χ0n) is 6.10. The number of hydrogen-bond acceptors (Lipinski definition) is 2. The summed E-state index contributed by atoms with van der Waals surface area (Å²) < 4.78 is 25.2. The molecule has 0 amide bonds. The van der Waals surface area contributed by atoms with E-state index in [0.29, 0.717) is 10.9 Å². The predicted molar refractivity (Wildman–Crippen MR) is 50.0 cm³/mol. The quantitative estimate of drug-likeness (QED) is 0.619. The molecule has 0 unspecified atom stereocenters. The minimum atomic E-state index is -2.70. The smallest absolute Gasteiger partial charge is 0.266 e. The molecule has 0 aliphatic heterocycles. The lowest BCUT2D eigenvalue weighted by molar-refractivity contribution is 0.110. The van der Waals surface area contributed by atoms with Crippen molar-refractivity contribution in [1.29, 1.82) is 0 Å². The van der Waals surface area contributed by atoms with Gasteiger partial charge in [0.25, 0.3) is 6.43 Å². The molecule has 70 valence electrons. The lowest BCUT2D eigenvalue weighted by Crippen LogP contribution is -1.97. The third kappa shape index (κ3) is 2.11. The highest BCUT2D eigenvalue weighted by Gasteiger charge is 2.17. The molecular weight excluding hydrogens is 312 g/mol. The van der Waals surface area contributed by atoms with Crippen LogP contribution in [0.25, 0.3) is 0 Å². The topological polar surface area (TPSA) is 30.0 Å². The molecule has 2 nitrogen and oxygen atoms in total. The normalized spacial score (nSPS) is 10.5. The van der Waals surface area contributed by atoms with Crippen LogP contribution in [0.4, 0.5) is 8.78 Å². The van der Waals surface area contributed by atoms with Crippen molar-refractivity contribution < 1.29 is 13.6 Å². The maximum absolute atomic E-state index is 12.3. The maximum atomic E-state index is 12.3. The van der Waals surface area contributed by atoms with Crippen LogP contribution in [-0.4, -0.2) is 11.3 Å². The number of halogens is 4. The number of carbonyl (C=O) groups is 1. The number of pyridine rings is 1. The van der Waals surface area contributed by atoms with Gasteiger partial charge in [-0.1, -0.05) is 0 Å². The highest BCUT2D eigenvalue weighted by molar-refractivity contribution is 9.13. The third-order valence-electron chi connectivity index (χ3n) is 1.40. The molecule has 0 N–H and O–H groups in total. The summed E-state index contributed by atoms with van der Waals surface area (Å²) in [6, 6.07) is 0. The molecule has 1 rings (SSSR count). The Hall–Kier alpha value is -0.360. The Kier molecular flexibility index (Phi) is 3.49. The van der Waals surface area contributed by atoms with Gasteiger partial charge < -0.3 is 0 Å². The van der Waals surface area contributed by atoms with Crippen LogP contribution in [0.5, 0.6) is 0 Å². The molecule has 0 aliphatic rings. The van der Waals surface area contributed by atoms with Gasteiger partial charge in [-0.05, 0) is 31.9 Å². The van der Waals surface area contributed by atoms with E-state index < -0.39 is 6.43 Å². The van der Waals surface area contributed by atoms with E-state index in [1.165, 1.54) is 0 Å².